The summed E-state index contributed by atoms with van der Waals surface area (Å²) in [5.41, 5.74) is 1.45. The van der Waals surface area contributed by atoms with Crippen molar-refractivity contribution in [2.75, 3.05) is 5.75 Å². The van der Waals surface area contributed by atoms with Crippen LogP contribution in [0.2, 0.25) is 5.02 Å². The van der Waals surface area contributed by atoms with E-state index in [0.29, 0.717) is 21.6 Å². The van der Waals surface area contributed by atoms with Gasteiger partial charge in [-0.25, -0.2) is 9.97 Å². The molecule has 114 valence electrons. The molecule has 21 heavy (non-hydrogen) atoms. The molecule has 0 aliphatic rings. The summed E-state index contributed by atoms with van der Waals surface area (Å²) >= 11 is 7.17. The highest BCUT2D eigenvalue weighted by molar-refractivity contribution is 7.99. The van der Waals surface area contributed by atoms with Crippen molar-refractivity contribution >= 4 is 40.5 Å². The van der Waals surface area contributed by atoms with Crippen LogP contribution in [-0.4, -0.2) is 31.4 Å². The Bertz CT molecular complexity index is 657. The number of thioether (sulfide) groups is 1. The molecule has 0 fully saturated rings. The van der Waals surface area contributed by atoms with Crippen LogP contribution in [0.1, 0.15) is 33.2 Å². The van der Waals surface area contributed by atoms with Gasteiger partial charge in [-0.1, -0.05) is 37.2 Å². The minimum Gasteiger partial charge on any atom is -0.481 e. The van der Waals surface area contributed by atoms with Crippen LogP contribution in [0.3, 0.4) is 0 Å². The fraction of sp³-hybridized carbons (Fsp3) is 0.500. The largest absolute Gasteiger partial charge is 0.481 e. The van der Waals surface area contributed by atoms with Crippen LogP contribution in [0, 0.1) is 5.92 Å². The zero-order chi connectivity index (χ0) is 15.6. The predicted molar refractivity (Wildman–Crippen MR) is 85.1 cm³/mol. The molecule has 0 amide bonds. The molecule has 7 heteroatoms. The summed E-state index contributed by atoms with van der Waals surface area (Å²) in [6, 6.07) is 1.95. The fourth-order valence-corrected chi connectivity index (χ4v) is 3.32. The monoisotopic (exact) mass is 327 g/mol. The Kier molecular flexibility index (Phi) is 5.11. The van der Waals surface area contributed by atoms with E-state index in [1.807, 2.05) is 4.57 Å². The normalized spacial score (nSPS) is 13.0. The van der Waals surface area contributed by atoms with E-state index in [9.17, 15) is 4.79 Å². The number of pyridine rings is 1. The first kappa shape index (κ1) is 16.1. The summed E-state index contributed by atoms with van der Waals surface area (Å²) in [6.45, 7) is 6.41. The standard InChI is InChI=1S/C14H18ClN3O2S/c1-8(2)4-9(3)18-13-11(5-10(15)6-16-13)17-14(18)21-7-12(19)20/h5-6,8-9H,4,7H2,1-3H3,(H,19,20). The smallest absolute Gasteiger partial charge is 0.313 e. The number of imidazole rings is 1. The van der Waals surface area contributed by atoms with Crippen LogP contribution in [0.5, 0.6) is 0 Å². The van der Waals surface area contributed by atoms with E-state index < -0.39 is 5.97 Å². The molecule has 2 rings (SSSR count). The first-order valence-corrected chi connectivity index (χ1v) is 8.13. The number of halogens is 1. The van der Waals surface area contributed by atoms with Gasteiger partial charge in [-0.15, -0.1) is 0 Å². The van der Waals surface area contributed by atoms with Crippen molar-refractivity contribution in [2.24, 2.45) is 5.92 Å². The van der Waals surface area contributed by atoms with Gasteiger partial charge < -0.3 is 9.67 Å². The Balaban J connectivity index is 2.46. The molecule has 0 saturated carbocycles. The zero-order valence-electron chi connectivity index (χ0n) is 12.2. The summed E-state index contributed by atoms with van der Waals surface area (Å²) in [5.74, 6) is -0.353. The lowest BCUT2D eigenvalue weighted by Crippen LogP contribution is -2.11. The summed E-state index contributed by atoms with van der Waals surface area (Å²) in [6.07, 6.45) is 2.56. The molecule has 0 saturated heterocycles. The molecule has 0 radical (unpaired) electrons. The van der Waals surface area contributed by atoms with E-state index in [-0.39, 0.29) is 11.8 Å². The summed E-state index contributed by atoms with van der Waals surface area (Å²) < 4.78 is 2.01. The molecule has 0 aliphatic carbocycles. The van der Waals surface area contributed by atoms with Gasteiger partial charge in [-0.3, -0.25) is 4.79 Å². The number of rotatable bonds is 6. The number of aliphatic carboxylic acids is 1. The number of carbonyl (C=O) groups is 1. The van der Waals surface area contributed by atoms with Crippen LogP contribution in [-0.2, 0) is 4.79 Å². The van der Waals surface area contributed by atoms with Gasteiger partial charge >= 0.3 is 5.97 Å². The number of nitrogens with zero attached hydrogens (tertiary/aromatic N) is 3. The third-order valence-electron chi connectivity index (χ3n) is 3.04. The summed E-state index contributed by atoms with van der Waals surface area (Å²) in [4.78, 5) is 19.7. The van der Waals surface area contributed by atoms with Gasteiger partial charge in [-0.05, 0) is 25.3 Å². The van der Waals surface area contributed by atoms with Crippen LogP contribution < -0.4 is 0 Å². The molecule has 5 nitrogen and oxygen atoms in total. The first-order valence-electron chi connectivity index (χ1n) is 6.76. The maximum absolute atomic E-state index is 10.8. The van der Waals surface area contributed by atoms with E-state index in [4.69, 9.17) is 16.7 Å². The molecule has 1 unspecified atom stereocenters. The van der Waals surface area contributed by atoms with Crippen molar-refractivity contribution in [3.05, 3.63) is 17.3 Å². The fourth-order valence-electron chi connectivity index (χ4n) is 2.35. The van der Waals surface area contributed by atoms with E-state index in [1.54, 1.807) is 12.3 Å². The Morgan fingerprint density at radius 1 is 1.48 bits per heavy atom. The Labute approximate surface area is 132 Å². The van der Waals surface area contributed by atoms with Crippen molar-refractivity contribution in [3.8, 4) is 0 Å². The van der Waals surface area contributed by atoms with Crippen molar-refractivity contribution in [1.82, 2.24) is 14.5 Å². The third-order valence-corrected chi connectivity index (χ3v) is 4.19. The average molecular weight is 328 g/mol. The van der Waals surface area contributed by atoms with Crippen LogP contribution >= 0.6 is 23.4 Å². The highest BCUT2D eigenvalue weighted by atomic mass is 35.5. The number of carboxylic acid groups (broad SMARTS) is 1. The summed E-state index contributed by atoms with van der Waals surface area (Å²) in [7, 11) is 0. The van der Waals surface area contributed by atoms with Gasteiger partial charge in [0.05, 0.1) is 10.8 Å². The highest BCUT2D eigenvalue weighted by Gasteiger charge is 2.19. The maximum atomic E-state index is 10.8. The minimum absolute atomic E-state index is 0.0224. The summed E-state index contributed by atoms with van der Waals surface area (Å²) in [5, 5.41) is 10.1. The molecule has 2 aromatic rings. The Morgan fingerprint density at radius 2 is 2.19 bits per heavy atom. The minimum atomic E-state index is -0.860. The topological polar surface area (TPSA) is 68.0 Å². The number of hydrogen-bond donors (Lipinski definition) is 1. The average Bonchev–Trinajstić information content (AvgIpc) is 2.72. The van der Waals surface area contributed by atoms with Gasteiger partial charge in [0, 0.05) is 12.2 Å². The number of carboxylic acids is 1. The van der Waals surface area contributed by atoms with Gasteiger partial charge in [-0.2, -0.15) is 0 Å². The molecule has 0 aromatic carbocycles. The van der Waals surface area contributed by atoms with Gasteiger partial charge in [0.25, 0.3) is 0 Å². The SMILES string of the molecule is CC(C)CC(C)n1c(SCC(=O)O)nc2cc(Cl)cnc21. The number of hydrogen-bond acceptors (Lipinski definition) is 4. The molecular formula is C14H18ClN3O2S. The molecular weight excluding hydrogens is 310 g/mol. The predicted octanol–water partition coefficient (Wildman–Crippen LogP) is 3.87. The molecule has 2 aromatic heterocycles. The van der Waals surface area contributed by atoms with E-state index in [2.05, 4.69) is 30.7 Å². The molecule has 0 aliphatic heterocycles. The van der Waals surface area contributed by atoms with E-state index in [1.165, 1.54) is 11.8 Å². The molecule has 1 atom stereocenters. The second-order valence-electron chi connectivity index (χ2n) is 5.42. The van der Waals surface area contributed by atoms with Crippen molar-refractivity contribution in [1.29, 1.82) is 0 Å². The maximum Gasteiger partial charge on any atom is 0.313 e. The van der Waals surface area contributed by atoms with Crippen molar-refractivity contribution in [2.45, 2.75) is 38.4 Å². The number of fused-ring (bicyclic) bond motifs is 1. The van der Waals surface area contributed by atoms with E-state index >= 15 is 0 Å². The van der Waals surface area contributed by atoms with Crippen molar-refractivity contribution < 1.29 is 9.90 Å². The van der Waals surface area contributed by atoms with Crippen LogP contribution in [0.15, 0.2) is 17.4 Å². The second-order valence-corrected chi connectivity index (χ2v) is 6.80. The molecule has 1 N–H and O–H groups in total. The van der Waals surface area contributed by atoms with Gasteiger partial charge in [0.1, 0.15) is 5.52 Å². The molecule has 0 spiro atoms. The third kappa shape index (κ3) is 3.89. The highest BCUT2D eigenvalue weighted by Crippen LogP contribution is 2.30. The molecule has 0 bridgehead atoms. The second kappa shape index (κ2) is 6.66. The van der Waals surface area contributed by atoms with Crippen LogP contribution in [0.4, 0.5) is 0 Å². The first-order chi connectivity index (χ1) is 9.88. The Morgan fingerprint density at radius 3 is 2.81 bits per heavy atom. The van der Waals surface area contributed by atoms with Gasteiger partial charge in [0.2, 0.25) is 0 Å². The number of aromatic nitrogens is 3. The van der Waals surface area contributed by atoms with Crippen molar-refractivity contribution in [3.63, 3.8) is 0 Å². The van der Waals surface area contributed by atoms with Crippen LogP contribution in [0.25, 0.3) is 11.2 Å². The van der Waals surface area contributed by atoms with Gasteiger partial charge in [0.15, 0.2) is 10.8 Å². The lowest BCUT2D eigenvalue weighted by atomic mass is 10.1. The lowest BCUT2D eigenvalue weighted by molar-refractivity contribution is -0.133. The molecule has 2 heterocycles. The Hall–Kier alpha value is -1.27. The quantitative estimate of drug-likeness (QED) is 0.816. The zero-order valence-corrected chi connectivity index (χ0v) is 13.8. The lowest BCUT2D eigenvalue weighted by Gasteiger charge is -2.18. The van der Waals surface area contributed by atoms with E-state index in [0.717, 1.165) is 12.1 Å².